The Hall–Kier alpha value is -1.88. The van der Waals surface area contributed by atoms with Crippen molar-refractivity contribution in [2.24, 2.45) is 0 Å². The van der Waals surface area contributed by atoms with E-state index in [-0.39, 0.29) is 11.9 Å². The number of amides is 1. The summed E-state index contributed by atoms with van der Waals surface area (Å²) in [5.74, 6) is -0.687. The van der Waals surface area contributed by atoms with Gasteiger partial charge in [0.15, 0.2) is 0 Å². The molecule has 5 heteroatoms. The Kier molecular flexibility index (Phi) is 6.02. The van der Waals surface area contributed by atoms with Crippen molar-refractivity contribution < 1.29 is 19.1 Å². The minimum absolute atomic E-state index is 0.0423. The van der Waals surface area contributed by atoms with Crippen molar-refractivity contribution in [1.29, 1.82) is 0 Å². The van der Waals surface area contributed by atoms with Gasteiger partial charge in [0.25, 0.3) is 5.91 Å². The van der Waals surface area contributed by atoms with Gasteiger partial charge in [0.2, 0.25) is 0 Å². The molecule has 0 heterocycles. The summed E-state index contributed by atoms with van der Waals surface area (Å²) in [5.41, 5.74) is 0.785. The van der Waals surface area contributed by atoms with E-state index < -0.39 is 5.97 Å². The summed E-state index contributed by atoms with van der Waals surface area (Å²) in [5, 5.41) is 2.85. The highest BCUT2D eigenvalue weighted by atomic mass is 16.5. The highest BCUT2D eigenvalue weighted by Gasteiger charge is 2.14. The molecule has 0 spiro atoms. The number of rotatable bonds is 6. The second kappa shape index (κ2) is 7.53. The molecule has 1 aromatic rings. The lowest BCUT2D eigenvalue weighted by Gasteiger charge is -2.16. The van der Waals surface area contributed by atoms with Gasteiger partial charge < -0.3 is 14.8 Å². The largest absolute Gasteiger partial charge is 0.465 e. The summed E-state index contributed by atoms with van der Waals surface area (Å²) in [6.45, 7) is 2.42. The second-order valence-corrected chi connectivity index (χ2v) is 4.11. The van der Waals surface area contributed by atoms with Crippen molar-refractivity contribution in [1.82, 2.24) is 5.32 Å². The fraction of sp³-hybridized carbons (Fsp3) is 0.429. The zero-order valence-electron chi connectivity index (χ0n) is 11.4. The molecular formula is C14H19NO4. The molecule has 104 valence electrons. The van der Waals surface area contributed by atoms with Crippen LogP contribution < -0.4 is 5.32 Å². The first-order chi connectivity index (χ1) is 9.12. The van der Waals surface area contributed by atoms with Crippen LogP contribution in [0.5, 0.6) is 0 Å². The van der Waals surface area contributed by atoms with Crippen LogP contribution in [0.2, 0.25) is 0 Å². The maximum atomic E-state index is 12.0. The van der Waals surface area contributed by atoms with E-state index in [2.05, 4.69) is 10.1 Å². The summed E-state index contributed by atoms with van der Waals surface area (Å²) < 4.78 is 9.64. The van der Waals surface area contributed by atoms with Crippen LogP contribution in [-0.2, 0) is 9.47 Å². The van der Waals surface area contributed by atoms with Gasteiger partial charge in [-0.1, -0.05) is 13.0 Å². The Morgan fingerprint density at radius 1 is 1.26 bits per heavy atom. The van der Waals surface area contributed by atoms with E-state index >= 15 is 0 Å². The van der Waals surface area contributed by atoms with E-state index in [0.717, 1.165) is 6.42 Å². The van der Waals surface area contributed by atoms with Crippen molar-refractivity contribution in [3.63, 3.8) is 0 Å². The van der Waals surface area contributed by atoms with Gasteiger partial charge in [0.05, 0.1) is 25.3 Å². The van der Waals surface area contributed by atoms with Crippen LogP contribution in [-0.4, -0.2) is 38.7 Å². The molecule has 1 unspecified atom stereocenters. The molecule has 1 rings (SSSR count). The van der Waals surface area contributed by atoms with Crippen LogP contribution in [0.15, 0.2) is 24.3 Å². The van der Waals surface area contributed by atoms with Gasteiger partial charge in [-0.15, -0.1) is 0 Å². The lowest BCUT2D eigenvalue weighted by molar-refractivity contribution is 0.0600. The molecule has 1 N–H and O–H groups in total. The molecule has 19 heavy (non-hydrogen) atoms. The van der Waals surface area contributed by atoms with Crippen molar-refractivity contribution >= 4 is 11.9 Å². The number of ether oxygens (including phenoxy) is 2. The number of esters is 1. The predicted molar refractivity (Wildman–Crippen MR) is 71.2 cm³/mol. The Morgan fingerprint density at radius 3 is 2.53 bits per heavy atom. The van der Waals surface area contributed by atoms with E-state index in [0.29, 0.717) is 17.7 Å². The summed E-state index contributed by atoms with van der Waals surface area (Å²) in [4.78, 5) is 23.4. The van der Waals surface area contributed by atoms with Gasteiger partial charge in [-0.05, 0) is 24.6 Å². The van der Waals surface area contributed by atoms with Crippen LogP contribution in [0.25, 0.3) is 0 Å². The molecule has 0 aromatic heterocycles. The van der Waals surface area contributed by atoms with E-state index in [1.807, 2.05) is 6.92 Å². The van der Waals surface area contributed by atoms with Crippen LogP contribution in [0.3, 0.4) is 0 Å². The third-order valence-electron chi connectivity index (χ3n) is 2.74. The zero-order chi connectivity index (χ0) is 14.3. The standard InChI is InChI=1S/C14H19NO4/c1-4-12(9-18-2)15-13(16)10-6-5-7-11(8-10)14(17)19-3/h5-8,12H,4,9H2,1-3H3,(H,15,16). The summed E-state index contributed by atoms with van der Waals surface area (Å²) in [7, 11) is 2.90. The van der Waals surface area contributed by atoms with Crippen molar-refractivity contribution in [2.75, 3.05) is 20.8 Å². The average molecular weight is 265 g/mol. The van der Waals surface area contributed by atoms with Gasteiger partial charge in [-0.3, -0.25) is 4.79 Å². The fourth-order valence-corrected chi connectivity index (χ4v) is 1.64. The summed E-state index contributed by atoms with van der Waals surface area (Å²) in [6, 6.07) is 6.38. The Morgan fingerprint density at radius 2 is 1.95 bits per heavy atom. The summed E-state index contributed by atoms with van der Waals surface area (Å²) >= 11 is 0. The van der Waals surface area contributed by atoms with Crippen LogP contribution in [0, 0.1) is 0 Å². The van der Waals surface area contributed by atoms with Crippen molar-refractivity contribution in [3.05, 3.63) is 35.4 Å². The number of carbonyl (C=O) groups is 2. The van der Waals surface area contributed by atoms with E-state index in [9.17, 15) is 9.59 Å². The molecule has 0 aliphatic rings. The van der Waals surface area contributed by atoms with Gasteiger partial charge in [0.1, 0.15) is 0 Å². The smallest absolute Gasteiger partial charge is 0.337 e. The minimum atomic E-state index is -0.460. The fourth-order valence-electron chi connectivity index (χ4n) is 1.64. The van der Waals surface area contributed by atoms with E-state index in [4.69, 9.17) is 4.74 Å². The Balaban J connectivity index is 2.79. The van der Waals surface area contributed by atoms with E-state index in [1.165, 1.54) is 13.2 Å². The molecule has 1 atom stereocenters. The molecule has 5 nitrogen and oxygen atoms in total. The van der Waals surface area contributed by atoms with Gasteiger partial charge in [-0.25, -0.2) is 4.79 Å². The SMILES string of the molecule is CCC(COC)NC(=O)c1cccc(C(=O)OC)c1. The third-order valence-corrected chi connectivity index (χ3v) is 2.74. The first kappa shape index (κ1) is 15.2. The molecular weight excluding hydrogens is 246 g/mol. The molecule has 1 aromatic carbocycles. The number of methoxy groups -OCH3 is 2. The lowest BCUT2D eigenvalue weighted by Crippen LogP contribution is -2.37. The average Bonchev–Trinajstić information content (AvgIpc) is 2.45. The topological polar surface area (TPSA) is 64.6 Å². The molecule has 0 saturated carbocycles. The van der Waals surface area contributed by atoms with Crippen LogP contribution in [0.4, 0.5) is 0 Å². The molecule has 0 aliphatic carbocycles. The third kappa shape index (κ3) is 4.37. The van der Waals surface area contributed by atoms with Crippen molar-refractivity contribution in [3.8, 4) is 0 Å². The highest BCUT2D eigenvalue weighted by Crippen LogP contribution is 2.07. The van der Waals surface area contributed by atoms with E-state index in [1.54, 1.807) is 25.3 Å². The summed E-state index contributed by atoms with van der Waals surface area (Å²) in [6.07, 6.45) is 0.774. The maximum absolute atomic E-state index is 12.0. The molecule has 0 radical (unpaired) electrons. The minimum Gasteiger partial charge on any atom is -0.465 e. The quantitative estimate of drug-likeness (QED) is 0.794. The zero-order valence-corrected chi connectivity index (χ0v) is 11.4. The number of hydrogen-bond donors (Lipinski definition) is 1. The number of hydrogen-bond acceptors (Lipinski definition) is 4. The lowest BCUT2D eigenvalue weighted by atomic mass is 10.1. The van der Waals surface area contributed by atoms with Gasteiger partial charge >= 0.3 is 5.97 Å². The predicted octanol–water partition coefficient (Wildman–Crippen LogP) is 1.63. The number of nitrogens with one attached hydrogen (secondary N) is 1. The van der Waals surface area contributed by atoms with Crippen molar-refractivity contribution in [2.45, 2.75) is 19.4 Å². The van der Waals surface area contributed by atoms with Crippen LogP contribution in [0.1, 0.15) is 34.1 Å². The first-order valence-electron chi connectivity index (χ1n) is 6.10. The Bertz CT molecular complexity index is 445. The number of carbonyl (C=O) groups excluding carboxylic acids is 2. The second-order valence-electron chi connectivity index (χ2n) is 4.11. The monoisotopic (exact) mass is 265 g/mol. The highest BCUT2D eigenvalue weighted by molar-refractivity contribution is 5.98. The normalized spacial score (nSPS) is 11.7. The molecule has 0 bridgehead atoms. The molecule has 0 aliphatic heterocycles. The Labute approximate surface area is 112 Å². The molecule has 0 saturated heterocycles. The van der Waals surface area contributed by atoms with Crippen LogP contribution >= 0.6 is 0 Å². The maximum Gasteiger partial charge on any atom is 0.337 e. The molecule has 0 fully saturated rings. The van der Waals surface area contributed by atoms with Gasteiger partial charge in [0, 0.05) is 12.7 Å². The van der Waals surface area contributed by atoms with Gasteiger partial charge in [-0.2, -0.15) is 0 Å². The molecule has 1 amide bonds. The number of benzene rings is 1. The first-order valence-corrected chi connectivity index (χ1v) is 6.10.